The lowest BCUT2D eigenvalue weighted by molar-refractivity contribution is -0.270. The molecular weight excluding hydrogens is 358 g/mol. The minimum absolute atomic E-state index is 0.0676. The molecule has 1 aromatic carbocycles. The van der Waals surface area contributed by atoms with Crippen LogP contribution < -0.4 is 10.6 Å². The summed E-state index contributed by atoms with van der Waals surface area (Å²) in [6.45, 7) is 2.58. The molecule has 0 radical (unpaired) electrons. The minimum Gasteiger partial charge on any atom is -0.347 e. The number of fused-ring (bicyclic) bond motifs is 1. The maximum absolute atomic E-state index is 14.3. The van der Waals surface area contributed by atoms with Crippen LogP contribution in [0.4, 0.5) is 8.78 Å². The van der Waals surface area contributed by atoms with E-state index in [0.717, 1.165) is 25.7 Å². The fraction of sp³-hybridized carbons (Fsp3) is 0.696. The highest BCUT2D eigenvalue weighted by Gasteiger charge is 2.89. The highest BCUT2D eigenvalue weighted by Crippen LogP contribution is 2.93. The molecule has 28 heavy (non-hydrogen) atoms. The Morgan fingerprint density at radius 1 is 1.14 bits per heavy atom. The van der Waals surface area contributed by atoms with Gasteiger partial charge in [0.1, 0.15) is 0 Å². The number of hydrogen-bond donors (Lipinski definition) is 2. The first kappa shape index (κ1) is 17.4. The van der Waals surface area contributed by atoms with E-state index in [4.69, 9.17) is 0 Å². The standard InChI is InChI=1S/C23H28F2N2O/c1-19-9-16-10-20(18(28)27-17-7-8-26-14-23(17,24)25)12-21(11-19,22(16,19)13-20)15-5-3-2-4-6-15/h2-6,16-17,26H,7-14H2,1H3,(H,27,28). The average molecular weight is 386 g/mol. The van der Waals surface area contributed by atoms with Gasteiger partial charge in [-0.1, -0.05) is 37.3 Å². The largest absolute Gasteiger partial charge is 0.347 e. The number of benzene rings is 1. The van der Waals surface area contributed by atoms with Crippen molar-refractivity contribution < 1.29 is 13.6 Å². The van der Waals surface area contributed by atoms with Gasteiger partial charge in [0.25, 0.3) is 5.92 Å². The third-order valence-electron chi connectivity index (χ3n) is 9.50. The summed E-state index contributed by atoms with van der Waals surface area (Å²) in [5, 5.41) is 5.57. The van der Waals surface area contributed by atoms with Crippen molar-refractivity contribution in [2.75, 3.05) is 13.1 Å². The topological polar surface area (TPSA) is 41.1 Å². The lowest BCUT2D eigenvalue weighted by Gasteiger charge is -2.79. The third kappa shape index (κ3) is 1.73. The molecule has 1 heterocycles. The number of piperidine rings is 1. The molecule has 6 unspecified atom stereocenters. The Bertz CT molecular complexity index is 859. The Morgan fingerprint density at radius 2 is 1.93 bits per heavy atom. The van der Waals surface area contributed by atoms with E-state index in [2.05, 4.69) is 41.8 Å². The third-order valence-corrected chi connectivity index (χ3v) is 9.50. The molecule has 5 aliphatic rings. The lowest BCUT2D eigenvalue weighted by atomic mass is 9.24. The van der Waals surface area contributed by atoms with E-state index in [1.165, 1.54) is 12.0 Å². The summed E-state index contributed by atoms with van der Waals surface area (Å²) >= 11 is 0. The van der Waals surface area contributed by atoms with Crippen molar-refractivity contribution in [2.24, 2.45) is 22.2 Å². The fourth-order valence-corrected chi connectivity index (χ4v) is 8.76. The molecule has 3 nitrogen and oxygen atoms in total. The van der Waals surface area contributed by atoms with Gasteiger partial charge >= 0.3 is 0 Å². The second-order valence-corrected chi connectivity index (χ2v) is 10.6. The molecule has 0 aromatic heterocycles. The first-order valence-corrected chi connectivity index (χ1v) is 10.7. The van der Waals surface area contributed by atoms with E-state index in [-0.39, 0.29) is 23.3 Å². The summed E-state index contributed by atoms with van der Waals surface area (Å²) in [6, 6.07) is 9.64. The van der Waals surface area contributed by atoms with Gasteiger partial charge in [-0.05, 0) is 67.4 Å². The van der Waals surface area contributed by atoms with Crippen molar-refractivity contribution >= 4 is 5.91 Å². The zero-order chi connectivity index (χ0) is 19.4. The summed E-state index contributed by atoms with van der Waals surface area (Å²) in [4.78, 5) is 13.5. The van der Waals surface area contributed by atoms with Crippen LogP contribution in [0.2, 0.25) is 0 Å². The Hall–Kier alpha value is -1.49. The van der Waals surface area contributed by atoms with E-state index < -0.39 is 17.4 Å². The maximum atomic E-state index is 14.3. The molecule has 4 aliphatic carbocycles. The van der Waals surface area contributed by atoms with E-state index in [1.807, 2.05) is 6.07 Å². The van der Waals surface area contributed by atoms with Crippen LogP contribution in [-0.4, -0.2) is 31.0 Å². The smallest absolute Gasteiger partial charge is 0.280 e. The molecule has 1 saturated heterocycles. The van der Waals surface area contributed by atoms with E-state index in [1.54, 1.807) is 0 Å². The van der Waals surface area contributed by atoms with Gasteiger partial charge in [0.15, 0.2) is 0 Å². The Kier molecular flexibility index (Phi) is 3.09. The molecule has 4 saturated carbocycles. The fourth-order valence-electron chi connectivity index (χ4n) is 8.76. The zero-order valence-electron chi connectivity index (χ0n) is 16.4. The highest BCUT2D eigenvalue weighted by molar-refractivity contribution is 5.85. The second-order valence-electron chi connectivity index (χ2n) is 10.6. The van der Waals surface area contributed by atoms with Gasteiger partial charge in [-0.2, -0.15) is 0 Å². The summed E-state index contributed by atoms with van der Waals surface area (Å²) in [5.41, 5.74) is 1.49. The number of alkyl halides is 2. The summed E-state index contributed by atoms with van der Waals surface area (Å²) in [7, 11) is 0. The predicted molar refractivity (Wildman–Crippen MR) is 102 cm³/mol. The number of halogens is 2. The van der Waals surface area contributed by atoms with E-state index >= 15 is 0 Å². The van der Waals surface area contributed by atoms with E-state index in [9.17, 15) is 13.6 Å². The van der Waals surface area contributed by atoms with E-state index in [0.29, 0.717) is 24.3 Å². The van der Waals surface area contributed by atoms with Crippen LogP contribution in [0, 0.1) is 22.2 Å². The van der Waals surface area contributed by atoms with Crippen molar-refractivity contribution in [1.29, 1.82) is 0 Å². The number of carbonyl (C=O) groups excluding carboxylic acids is 1. The van der Waals surface area contributed by atoms with Crippen molar-refractivity contribution in [1.82, 2.24) is 10.6 Å². The van der Waals surface area contributed by atoms with Gasteiger partial charge in [-0.15, -0.1) is 0 Å². The molecule has 1 spiro atoms. The second kappa shape index (κ2) is 4.97. The molecule has 2 bridgehead atoms. The van der Waals surface area contributed by atoms with Crippen LogP contribution in [0.5, 0.6) is 0 Å². The summed E-state index contributed by atoms with van der Waals surface area (Å²) < 4.78 is 28.7. The predicted octanol–water partition coefficient (Wildman–Crippen LogP) is 3.64. The van der Waals surface area contributed by atoms with Gasteiger partial charge in [-0.3, -0.25) is 4.79 Å². The number of nitrogens with one attached hydrogen (secondary N) is 2. The molecule has 5 heteroatoms. The Labute approximate surface area is 164 Å². The van der Waals surface area contributed by atoms with Crippen LogP contribution in [0.15, 0.2) is 30.3 Å². The van der Waals surface area contributed by atoms with Crippen LogP contribution in [0.25, 0.3) is 0 Å². The molecule has 1 aliphatic heterocycles. The molecule has 6 rings (SSSR count). The SMILES string of the molecule is CC12CC3CC4(C(=O)NC5CCNCC5(F)F)CC(c5ccccc5)(C1)C32C4. The van der Waals surface area contributed by atoms with Crippen LogP contribution in [0.3, 0.4) is 0 Å². The molecule has 150 valence electrons. The first-order valence-electron chi connectivity index (χ1n) is 10.7. The van der Waals surface area contributed by atoms with Gasteiger partial charge < -0.3 is 10.6 Å². The maximum Gasteiger partial charge on any atom is 0.280 e. The first-order chi connectivity index (χ1) is 13.3. The van der Waals surface area contributed by atoms with Crippen molar-refractivity contribution in [2.45, 2.75) is 62.8 Å². The summed E-state index contributed by atoms with van der Waals surface area (Å²) in [6.07, 6.45) is 5.24. The quantitative estimate of drug-likeness (QED) is 0.833. The van der Waals surface area contributed by atoms with Crippen LogP contribution in [-0.2, 0) is 10.2 Å². The van der Waals surface area contributed by atoms with Crippen molar-refractivity contribution in [3.63, 3.8) is 0 Å². The van der Waals surface area contributed by atoms with Gasteiger partial charge in [0, 0.05) is 5.41 Å². The van der Waals surface area contributed by atoms with Gasteiger partial charge in [-0.25, -0.2) is 8.78 Å². The molecule has 2 N–H and O–H groups in total. The number of hydrogen-bond acceptors (Lipinski definition) is 2. The van der Waals surface area contributed by atoms with Crippen molar-refractivity contribution in [3.8, 4) is 0 Å². The molecule has 1 aromatic rings. The summed E-state index contributed by atoms with van der Waals surface area (Å²) in [5.74, 6) is -2.40. The number of rotatable bonds is 3. The average Bonchev–Trinajstić information content (AvgIpc) is 3.13. The zero-order valence-corrected chi connectivity index (χ0v) is 16.4. The van der Waals surface area contributed by atoms with Crippen LogP contribution in [0.1, 0.15) is 51.0 Å². The molecule has 1 amide bonds. The molecular formula is C23H28F2N2O. The van der Waals surface area contributed by atoms with Gasteiger partial charge in [0.05, 0.1) is 18.0 Å². The Balaban J connectivity index is 1.34. The van der Waals surface area contributed by atoms with Crippen LogP contribution >= 0.6 is 0 Å². The lowest BCUT2D eigenvalue weighted by Crippen LogP contribution is -2.75. The number of carbonyl (C=O) groups is 1. The minimum atomic E-state index is -2.87. The molecule has 6 atom stereocenters. The van der Waals surface area contributed by atoms with Gasteiger partial charge in [0.2, 0.25) is 5.91 Å². The number of amides is 1. The molecule has 5 fully saturated rings. The Morgan fingerprint density at radius 3 is 2.64 bits per heavy atom. The van der Waals surface area contributed by atoms with Crippen molar-refractivity contribution in [3.05, 3.63) is 35.9 Å². The monoisotopic (exact) mass is 386 g/mol. The highest BCUT2D eigenvalue weighted by atomic mass is 19.3. The normalized spacial score (nSPS) is 49.7.